The van der Waals surface area contributed by atoms with E-state index in [1.807, 2.05) is 37.3 Å². The van der Waals surface area contributed by atoms with Gasteiger partial charge in [-0.3, -0.25) is 14.8 Å². The fourth-order valence-electron chi connectivity index (χ4n) is 2.91. The fraction of sp³-hybridized carbons (Fsp3) is 0.300. The van der Waals surface area contributed by atoms with Crippen molar-refractivity contribution in [1.29, 1.82) is 0 Å². The molecule has 3 rings (SSSR count). The van der Waals surface area contributed by atoms with Crippen LogP contribution in [0.15, 0.2) is 52.5 Å². The van der Waals surface area contributed by atoms with E-state index in [0.29, 0.717) is 11.4 Å². The first-order chi connectivity index (χ1) is 13.1. The van der Waals surface area contributed by atoms with Crippen LogP contribution in [0.2, 0.25) is 0 Å². The lowest BCUT2D eigenvalue weighted by Crippen LogP contribution is -2.35. The second-order valence-electron chi connectivity index (χ2n) is 6.22. The Kier molecular flexibility index (Phi) is 5.80. The van der Waals surface area contributed by atoms with Crippen molar-refractivity contribution in [3.63, 3.8) is 0 Å². The molecular weight excluding hydrogens is 344 g/mol. The summed E-state index contributed by atoms with van der Waals surface area (Å²) in [5.41, 5.74) is 4.76. The van der Waals surface area contributed by atoms with Gasteiger partial charge in [-0.1, -0.05) is 18.2 Å². The van der Waals surface area contributed by atoms with Crippen LogP contribution in [0.4, 0.5) is 5.69 Å². The lowest BCUT2D eigenvalue weighted by molar-refractivity contribution is -0.137. The van der Waals surface area contributed by atoms with E-state index in [9.17, 15) is 9.59 Å². The standard InChI is InChI=1S/C20H22N4O3/c1-3-27-18(25)12-10-15-13-21-19-17(11-9-14(2)24(19)20(15)26)23-22-16-7-5-4-6-8-16/h4-8,10,12-14,22H,3,9,11H2,1-2H3/b12-10+,23-17+/t14-/m0/s1. The van der Waals surface area contributed by atoms with Gasteiger partial charge in [-0.05, 0) is 44.9 Å². The molecule has 1 atom stereocenters. The van der Waals surface area contributed by atoms with Crippen LogP contribution in [-0.4, -0.2) is 27.8 Å². The van der Waals surface area contributed by atoms with Crippen molar-refractivity contribution in [2.75, 3.05) is 12.0 Å². The molecule has 0 unspecified atom stereocenters. The van der Waals surface area contributed by atoms with Crippen molar-refractivity contribution < 1.29 is 9.53 Å². The molecule has 0 saturated carbocycles. The maximum atomic E-state index is 12.9. The van der Waals surface area contributed by atoms with E-state index in [2.05, 4.69) is 15.5 Å². The molecule has 2 aromatic rings. The van der Waals surface area contributed by atoms with Crippen molar-refractivity contribution >= 4 is 23.4 Å². The topological polar surface area (TPSA) is 85.6 Å². The van der Waals surface area contributed by atoms with Crippen molar-refractivity contribution in [2.45, 2.75) is 32.7 Å². The van der Waals surface area contributed by atoms with Crippen molar-refractivity contribution in [3.8, 4) is 0 Å². The molecular formula is C20H22N4O3. The minimum Gasteiger partial charge on any atom is -0.463 e. The second-order valence-corrected chi connectivity index (χ2v) is 6.22. The highest BCUT2D eigenvalue weighted by Gasteiger charge is 2.24. The van der Waals surface area contributed by atoms with Crippen LogP contribution in [-0.2, 0) is 9.53 Å². The summed E-state index contributed by atoms with van der Waals surface area (Å²) >= 11 is 0. The van der Waals surface area contributed by atoms with Gasteiger partial charge in [-0.25, -0.2) is 9.78 Å². The number of fused-ring (bicyclic) bond motifs is 1. The Bertz CT molecular complexity index is 932. The summed E-state index contributed by atoms with van der Waals surface area (Å²) in [6.45, 7) is 4.00. The molecule has 0 bridgehead atoms. The fourth-order valence-corrected chi connectivity index (χ4v) is 2.91. The van der Waals surface area contributed by atoms with Crippen molar-refractivity contribution in [1.82, 2.24) is 9.55 Å². The number of nitrogens with one attached hydrogen (secondary N) is 1. The van der Waals surface area contributed by atoms with E-state index in [4.69, 9.17) is 4.74 Å². The highest BCUT2D eigenvalue weighted by Crippen LogP contribution is 2.22. The molecule has 27 heavy (non-hydrogen) atoms. The average Bonchev–Trinajstić information content (AvgIpc) is 2.68. The zero-order chi connectivity index (χ0) is 19.2. The number of benzene rings is 1. The van der Waals surface area contributed by atoms with Crippen LogP contribution in [0.25, 0.3) is 6.08 Å². The molecule has 140 valence electrons. The summed E-state index contributed by atoms with van der Waals surface area (Å²) in [6, 6.07) is 9.61. The third kappa shape index (κ3) is 4.31. The summed E-state index contributed by atoms with van der Waals surface area (Å²) in [5.74, 6) is 0.0671. The minimum atomic E-state index is -0.484. The number of hydrazone groups is 1. The Morgan fingerprint density at radius 3 is 2.93 bits per heavy atom. The number of carbonyl (C=O) groups excluding carboxylic acids is 1. The van der Waals surface area contributed by atoms with E-state index in [1.165, 1.54) is 18.3 Å². The first kappa shape index (κ1) is 18.6. The van der Waals surface area contributed by atoms with Crippen LogP contribution in [0.3, 0.4) is 0 Å². The molecule has 0 amide bonds. The quantitative estimate of drug-likeness (QED) is 0.499. The molecule has 1 aromatic carbocycles. The normalized spacial score (nSPS) is 17.7. The van der Waals surface area contributed by atoms with Crippen LogP contribution >= 0.6 is 0 Å². The largest absolute Gasteiger partial charge is 0.463 e. The highest BCUT2D eigenvalue weighted by atomic mass is 16.5. The van der Waals surface area contributed by atoms with Gasteiger partial charge in [0.1, 0.15) is 5.71 Å². The van der Waals surface area contributed by atoms with Gasteiger partial charge < -0.3 is 4.74 Å². The number of anilines is 1. The molecule has 1 aromatic heterocycles. The SMILES string of the molecule is CCOC(=O)/C=C/c1cnc2n(c1=O)[C@@H](C)CC/C2=N\Nc1ccccc1. The third-order valence-corrected chi connectivity index (χ3v) is 4.30. The Morgan fingerprint density at radius 2 is 2.19 bits per heavy atom. The number of para-hydroxylation sites is 1. The smallest absolute Gasteiger partial charge is 0.330 e. The predicted octanol–water partition coefficient (Wildman–Crippen LogP) is 2.99. The summed E-state index contributed by atoms with van der Waals surface area (Å²) < 4.78 is 6.48. The third-order valence-electron chi connectivity index (χ3n) is 4.30. The van der Waals surface area contributed by atoms with E-state index >= 15 is 0 Å². The number of hydrogen-bond acceptors (Lipinski definition) is 6. The molecule has 7 nitrogen and oxygen atoms in total. The second kappa shape index (κ2) is 8.44. The van der Waals surface area contributed by atoms with E-state index < -0.39 is 5.97 Å². The number of ether oxygens (including phenoxy) is 1. The first-order valence-corrected chi connectivity index (χ1v) is 8.94. The predicted molar refractivity (Wildman–Crippen MR) is 105 cm³/mol. The van der Waals surface area contributed by atoms with Crippen LogP contribution in [0.5, 0.6) is 0 Å². The van der Waals surface area contributed by atoms with Crippen LogP contribution < -0.4 is 11.0 Å². The van der Waals surface area contributed by atoms with Crippen molar-refractivity contribution in [3.05, 3.63) is 64.3 Å². The number of rotatable bonds is 5. The number of hydrogen-bond donors (Lipinski definition) is 1. The summed E-state index contributed by atoms with van der Waals surface area (Å²) in [4.78, 5) is 28.8. The van der Waals surface area contributed by atoms with Crippen molar-refractivity contribution in [2.24, 2.45) is 5.10 Å². The molecule has 1 aliphatic heterocycles. The lowest BCUT2D eigenvalue weighted by Gasteiger charge is -2.25. The average molecular weight is 366 g/mol. The molecule has 0 aliphatic carbocycles. The van der Waals surface area contributed by atoms with E-state index in [1.54, 1.807) is 11.5 Å². The maximum Gasteiger partial charge on any atom is 0.330 e. The van der Waals surface area contributed by atoms with E-state index in [0.717, 1.165) is 24.2 Å². The Morgan fingerprint density at radius 1 is 1.41 bits per heavy atom. The molecule has 1 N–H and O–H groups in total. The molecule has 0 fully saturated rings. The molecule has 2 heterocycles. The van der Waals surface area contributed by atoms with Gasteiger partial charge >= 0.3 is 5.97 Å². The number of carbonyl (C=O) groups is 1. The lowest BCUT2D eigenvalue weighted by atomic mass is 10.0. The van der Waals surface area contributed by atoms with Gasteiger partial charge in [-0.2, -0.15) is 5.10 Å². The van der Waals surface area contributed by atoms with Gasteiger partial charge in [0.05, 0.1) is 17.9 Å². The van der Waals surface area contributed by atoms with Crippen LogP contribution in [0.1, 0.15) is 44.1 Å². The number of aromatic nitrogens is 2. The highest BCUT2D eigenvalue weighted by molar-refractivity contribution is 5.98. The van der Waals surface area contributed by atoms with E-state index in [-0.39, 0.29) is 18.2 Å². The monoisotopic (exact) mass is 366 g/mol. The molecule has 1 aliphatic rings. The van der Waals surface area contributed by atoms with Gasteiger partial charge in [0.25, 0.3) is 5.56 Å². The molecule has 7 heteroatoms. The van der Waals surface area contributed by atoms with Gasteiger partial charge in [-0.15, -0.1) is 0 Å². The Hall–Kier alpha value is -3.22. The van der Waals surface area contributed by atoms with Gasteiger partial charge in [0, 0.05) is 18.3 Å². The minimum absolute atomic E-state index is 0.00613. The Balaban J connectivity index is 1.91. The summed E-state index contributed by atoms with van der Waals surface area (Å²) in [6.07, 6.45) is 5.68. The molecule has 0 radical (unpaired) electrons. The maximum absolute atomic E-state index is 12.9. The zero-order valence-electron chi connectivity index (χ0n) is 15.4. The summed E-state index contributed by atoms with van der Waals surface area (Å²) in [5, 5.41) is 4.45. The number of nitrogens with zero attached hydrogens (tertiary/aromatic N) is 3. The molecule has 0 spiro atoms. The zero-order valence-corrected chi connectivity index (χ0v) is 15.4. The summed E-state index contributed by atoms with van der Waals surface area (Å²) in [7, 11) is 0. The van der Waals surface area contributed by atoms with Crippen LogP contribution in [0, 0.1) is 0 Å². The van der Waals surface area contributed by atoms with Gasteiger partial charge in [0.2, 0.25) is 0 Å². The van der Waals surface area contributed by atoms with Gasteiger partial charge in [0.15, 0.2) is 5.82 Å². The Labute approximate surface area is 157 Å². The first-order valence-electron chi connectivity index (χ1n) is 8.94. The number of esters is 1. The molecule has 0 saturated heterocycles.